The lowest BCUT2D eigenvalue weighted by molar-refractivity contribution is -0.870. The molecular formula is C72H136N2O6P+. The molecule has 0 fully saturated rings. The number of hydrogen-bond donors (Lipinski definition) is 3. The van der Waals surface area contributed by atoms with Crippen molar-refractivity contribution < 1.29 is 32.9 Å². The molecule has 474 valence electrons. The molecule has 0 saturated heterocycles. The van der Waals surface area contributed by atoms with Crippen LogP contribution in [0.15, 0.2) is 72.9 Å². The van der Waals surface area contributed by atoms with Crippen LogP contribution in [0.1, 0.15) is 328 Å². The number of carbonyl (C=O) groups is 1. The number of aliphatic hydroxyl groups excluding tert-OH is 1. The molecule has 3 N–H and O–H groups in total. The third kappa shape index (κ3) is 65.3. The first-order valence-electron chi connectivity index (χ1n) is 34.8. The zero-order valence-electron chi connectivity index (χ0n) is 54.3. The Morgan fingerprint density at radius 3 is 1.09 bits per heavy atom. The first kappa shape index (κ1) is 78.9. The predicted molar refractivity (Wildman–Crippen MR) is 355 cm³/mol. The van der Waals surface area contributed by atoms with Gasteiger partial charge in [-0.05, 0) is 64.2 Å². The summed E-state index contributed by atoms with van der Waals surface area (Å²) in [6.45, 7) is 4.81. The van der Waals surface area contributed by atoms with E-state index < -0.39 is 20.0 Å². The number of unbranched alkanes of at least 4 members (excludes halogenated alkanes) is 39. The number of phosphoric acid groups is 1. The molecule has 9 heteroatoms. The number of allylic oxidation sites excluding steroid dienone is 12. The van der Waals surface area contributed by atoms with Crippen LogP contribution in [0.2, 0.25) is 0 Å². The fourth-order valence-electron chi connectivity index (χ4n) is 10.3. The quantitative estimate of drug-likeness (QED) is 0.0243. The average molecular weight is 1160 g/mol. The lowest BCUT2D eigenvalue weighted by atomic mass is 10.0. The Bertz CT molecular complexity index is 1550. The van der Waals surface area contributed by atoms with Crippen molar-refractivity contribution in [3.05, 3.63) is 72.9 Å². The molecule has 0 saturated carbocycles. The van der Waals surface area contributed by atoms with Crippen molar-refractivity contribution in [1.82, 2.24) is 5.32 Å². The molecule has 0 aliphatic heterocycles. The summed E-state index contributed by atoms with van der Waals surface area (Å²) in [6, 6.07) is -0.761. The minimum atomic E-state index is -4.33. The Hall–Kier alpha value is -2.06. The molecule has 81 heavy (non-hydrogen) atoms. The molecule has 0 heterocycles. The normalized spacial score (nSPS) is 14.1. The van der Waals surface area contributed by atoms with Gasteiger partial charge in [-0.15, -0.1) is 0 Å². The zero-order chi connectivity index (χ0) is 59.1. The second-order valence-electron chi connectivity index (χ2n) is 24.9. The molecule has 0 aromatic rings. The molecule has 0 aromatic heterocycles. The second-order valence-corrected chi connectivity index (χ2v) is 26.3. The van der Waals surface area contributed by atoms with E-state index in [2.05, 4.69) is 92.1 Å². The number of nitrogens with zero attached hydrogens (tertiary/aromatic N) is 1. The summed E-state index contributed by atoms with van der Waals surface area (Å²) >= 11 is 0. The molecule has 0 rings (SSSR count). The first-order chi connectivity index (χ1) is 39.5. The smallest absolute Gasteiger partial charge is 0.391 e. The highest BCUT2D eigenvalue weighted by Gasteiger charge is 2.28. The molecule has 0 spiro atoms. The van der Waals surface area contributed by atoms with Crippen LogP contribution in [0, 0.1) is 0 Å². The molecule has 3 atom stereocenters. The van der Waals surface area contributed by atoms with Crippen LogP contribution in [-0.2, 0) is 18.4 Å². The van der Waals surface area contributed by atoms with Gasteiger partial charge < -0.3 is 19.8 Å². The topological polar surface area (TPSA) is 105 Å². The van der Waals surface area contributed by atoms with E-state index in [0.29, 0.717) is 23.9 Å². The van der Waals surface area contributed by atoms with Crippen LogP contribution >= 0.6 is 7.82 Å². The van der Waals surface area contributed by atoms with Crippen LogP contribution in [-0.4, -0.2) is 73.4 Å². The number of carbonyl (C=O) groups excluding carboxylic acids is 1. The summed E-state index contributed by atoms with van der Waals surface area (Å²) in [4.78, 5) is 23.4. The number of aliphatic hydroxyl groups is 1. The van der Waals surface area contributed by atoms with Crippen molar-refractivity contribution in [2.75, 3.05) is 40.9 Å². The third-order valence-electron chi connectivity index (χ3n) is 15.7. The minimum Gasteiger partial charge on any atom is -0.391 e. The summed E-state index contributed by atoms with van der Waals surface area (Å²) in [5.74, 6) is -0.139. The van der Waals surface area contributed by atoms with E-state index in [1.54, 1.807) is 0 Å². The van der Waals surface area contributed by atoms with E-state index in [1.165, 1.54) is 225 Å². The minimum absolute atomic E-state index is 0.0756. The summed E-state index contributed by atoms with van der Waals surface area (Å²) in [5.41, 5.74) is 0. The average Bonchev–Trinajstić information content (AvgIpc) is 3.43. The van der Waals surface area contributed by atoms with Crippen LogP contribution in [0.4, 0.5) is 0 Å². The molecule has 3 unspecified atom stereocenters. The van der Waals surface area contributed by atoms with Gasteiger partial charge in [-0.1, -0.05) is 331 Å². The number of quaternary nitrogens is 1. The van der Waals surface area contributed by atoms with Gasteiger partial charge in [0.1, 0.15) is 13.2 Å². The van der Waals surface area contributed by atoms with Crippen molar-refractivity contribution in [3.8, 4) is 0 Å². The van der Waals surface area contributed by atoms with Crippen molar-refractivity contribution in [2.24, 2.45) is 0 Å². The van der Waals surface area contributed by atoms with Crippen molar-refractivity contribution in [3.63, 3.8) is 0 Å². The van der Waals surface area contributed by atoms with Gasteiger partial charge in [-0.2, -0.15) is 0 Å². The fourth-order valence-corrected chi connectivity index (χ4v) is 11.1. The first-order valence-corrected chi connectivity index (χ1v) is 36.3. The Kier molecular flexibility index (Phi) is 60.9. The maximum Gasteiger partial charge on any atom is 0.472 e. The van der Waals surface area contributed by atoms with Crippen LogP contribution in [0.3, 0.4) is 0 Å². The van der Waals surface area contributed by atoms with Crippen molar-refractivity contribution >= 4 is 13.7 Å². The molecule has 0 bridgehead atoms. The van der Waals surface area contributed by atoms with Gasteiger partial charge in [0, 0.05) is 6.42 Å². The highest BCUT2D eigenvalue weighted by atomic mass is 31.2. The molecule has 0 aliphatic rings. The number of rotatable bonds is 64. The lowest BCUT2D eigenvalue weighted by Crippen LogP contribution is -2.46. The predicted octanol–water partition coefficient (Wildman–Crippen LogP) is 22.2. The highest BCUT2D eigenvalue weighted by molar-refractivity contribution is 7.47. The lowest BCUT2D eigenvalue weighted by Gasteiger charge is -2.26. The van der Waals surface area contributed by atoms with Crippen LogP contribution in [0.5, 0.6) is 0 Å². The molecular weight excluding hydrogens is 1020 g/mol. The Morgan fingerprint density at radius 2 is 0.741 bits per heavy atom. The maximum atomic E-state index is 13.1. The van der Waals surface area contributed by atoms with Crippen molar-refractivity contribution in [1.29, 1.82) is 0 Å². The Labute approximate surface area is 504 Å². The summed E-state index contributed by atoms with van der Waals surface area (Å²) in [6.07, 6.45) is 87.2. The number of amides is 1. The zero-order valence-corrected chi connectivity index (χ0v) is 55.2. The standard InChI is InChI=1S/C72H135N2O6P/c1-6-8-10-12-14-16-18-20-22-24-26-27-28-29-30-31-32-33-34-35-36-37-38-39-40-41-42-43-44-45-46-47-48-50-52-54-56-58-60-62-64-66-72(76)73-70(69-80-81(77,78)79-68-67-74(3,4)5)71(75)65-63-61-59-57-55-53-51-49-25-23-21-19-17-15-13-11-9-7-2/h8,10,14,16,20,22,26-27,29-30,32-33,70-71,75H,6-7,9,11-13,15,17-19,21,23-25,28,31,34-69H2,1-5H3,(H-,73,76,77,78)/p+1/b10-8-,16-14-,22-20-,27-26-,30-29-,33-32-. The summed E-state index contributed by atoms with van der Waals surface area (Å²) in [7, 11) is 1.63. The summed E-state index contributed by atoms with van der Waals surface area (Å²) in [5, 5.41) is 14.1. The van der Waals surface area contributed by atoms with Gasteiger partial charge in [-0.3, -0.25) is 13.8 Å². The second kappa shape index (κ2) is 62.5. The number of phosphoric ester groups is 1. The number of likely N-dealkylation sites (N-methyl/N-ethyl adjacent to an activating group) is 1. The molecule has 0 aromatic carbocycles. The SMILES string of the molecule is CC/C=C\C/C=C\C/C=C\C/C=C\C/C=C\C/C=C\CCCCCCCCCCCCCCCCCCCCCCCCC(=O)NC(COP(=O)(O)OCC[N+](C)(C)C)C(O)CCCCCCCCCCCCCCCCCCCC. The highest BCUT2D eigenvalue weighted by Crippen LogP contribution is 2.43. The summed E-state index contributed by atoms with van der Waals surface area (Å²) < 4.78 is 23.9. The van der Waals surface area contributed by atoms with E-state index in [9.17, 15) is 19.4 Å². The largest absolute Gasteiger partial charge is 0.472 e. The van der Waals surface area contributed by atoms with Gasteiger partial charge in [0.2, 0.25) is 5.91 Å². The number of nitrogens with one attached hydrogen (secondary N) is 1. The Morgan fingerprint density at radius 1 is 0.432 bits per heavy atom. The molecule has 8 nitrogen and oxygen atoms in total. The van der Waals surface area contributed by atoms with E-state index >= 15 is 0 Å². The van der Waals surface area contributed by atoms with Gasteiger partial charge in [0.25, 0.3) is 0 Å². The fraction of sp³-hybridized carbons (Fsp3) is 0.819. The number of hydrogen-bond acceptors (Lipinski definition) is 5. The molecule has 0 aliphatic carbocycles. The van der Waals surface area contributed by atoms with Crippen molar-refractivity contribution in [2.45, 2.75) is 341 Å². The monoisotopic (exact) mass is 1160 g/mol. The van der Waals surface area contributed by atoms with Gasteiger partial charge in [-0.25, -0.2) is 4.57 Å². The molecule has 0 radical (unpaired) electrons. The van der Waals surface area contributed by atoms with E-state index in [1.807, 2.05) is 21.1 Å². The van der Waals surface area contributed by atoms with Gasteiger partial charge in [0.15, 0.2) is 0 Å². The van der Waals surface area contributed by atoms with E-state index in [4.69, 9.17) is 9.05 Å². The van der Waals surface area contributed by atoms with Crippen LogP contribution in [0.25, 0.3) is 0 Å². The van der Waals surface area contributed by atoms with Crippen LogP contribution < -0.4 is 5.32 Å². The van der Waals surface area contributed by atoms with Gasteiger partial charge >= 0.3 is 7.82 Å². The Balaban J connectivity index is 3.91. The van der Waals surface area contributed by atoms with E-state index in [-0.39, 0.29) is 19.1 Å². The van der Waals surface area contributed by atoms with Gasteiger partial charge in [0.05, 0.1) is 39.9 Å². The molecule has 1 amide bonds. The van der Waals surface area contributed by atoms with E-state index in [0.717, 1.165) is 77.0 Å². The maximum absolute atomic E-state index is 13.1. The third-order valence-corrected chi connectivity index (χ3v) is 16.7.